The summed E-state index contributed by atoms with van der Waals surface area (Å²) < 4.78 is 2.10. The summed E-state index contributed by atoms with van der Waals surface area (Å²) in [6, 6.07) is 0.860. The number of halogens is 1. The van der Waals surface area contributed by atoms with Crippen LogP contribution in [0.15, 0.2) is 11.2 Å². The van der Waals surface area contributed by atoms with E-state index < -0.39 is 0 Å². The Balaban J connectivity index is 0.00000243. The number of fused-ring (bicyclic) bond motifs is 1. The van der Waals surface area contributed by atoms with Crippen LogP contribution in [0.3, 0.4) is 0 Å². The van der Waals surface area contributed by atoms with Crippen molar-refractivity contribution in [1.82, 2.24) is 20.4 Å². The second kappa shape index (κ2) is 9.42. The van der Waals surface area contributed by atoms with Crippen molar-refractivity contribution in [3.05, 3.63) is 17.5 Å². The fraction of sp³-hybridized carbons (Fsp3) is 0.800. The molecule has 2 N–H and O–H groups in total. The number of aromatic nitrogens is 2. The topological polar surface area (TPSA) is 54.2 Å². The number of aliphatic imine (C=N–C) groups is 1. The Labute approximate surface area is 175 Å². The second-order valence-corrected chi connectivity index (χ2v) is 8.25. The highest BCUT2D eigenvalue weighted by molar-refractivity contribution is 14.0. The maximum absolute atomic E-state index is 4.78. The van der Waals surface area contributed by atoms with E-state index in [9.17, 15) is 0 Å². The Kier molecular flexibility index (Phi) is 7.79. The Hall–Kier alpha value is -0.790. The van der Waals surface area contributed by atoms with Crippen molar-refractivity contribution in [3.63, 3.8) is 0 Å². The lowest BCUT2D eigenvalue weighted by molar-refractivity contribution is 0.283. The van der Waals surface area contributed by atoms with Crippen LogP contribution in [0, 0.1) is 5.41 Å². The normalized spacial score (nSPS) is 22.0. The van der Waals surface area contributed by atoms with Crippen LogP contribution >= 0.6 is 24.0 Å². The van der Waals surface area contributed by atoms with Crippen molar-refractivity contribution in [2.75, 3.05) is 13.6 Å². The standard InChI is InChI=1S/C20H35N5.HI/c1-5-20(10-6-7-11-20)14-22-19(21-4)23-17-9-8-16-13-25(15(2)3)24-18(16)12-17;/h13,15,17H,5-12,14H2,1-4H3,(H2,21,22,23);1H. The zero-order valence-electron chi connectivity index (χ0n) is 16.8. The van der Waals surface area contributed by atoms with Crippen molar-refractivity contribution < 1.29 is 0 Å². The highest BCUT2D eigenvalue weighted by atomic mass is 127. The van der Waals surface area contributed by atoms with Crippen LogP contribution in [0.2, 0.25) is 0 Å². The summed E-state index contributed by atoms with van der Waals surface area (Å²) in [5.74, 6) is 0.955. The first-order valence-corrected chi connectivity index (χ1v) is 10.1. The van der Waals surface area contributed by atoms with Crippen molar-refractivity contribution in [2.45, 2.75) is 84.2 Å². The van der Waals surface area contributed by atoms with Gasteiger partial charge in [0.25, 0.3) is 0 Å². The Morgan fingerprint density at radius 1 is 1.38 bits per heavy atom. The molecule has 1 fully saturated rings. The molecule has 26 heavy (non-hydrogen) atoms. The van der Waals surface area contributed by atoms with Gasteiger partial charge >= 0.3 is 0 Å². The van der Waals surface area contributed by atoms with E-state index in [-0.39, 0.29) is 24.0 Å². The molecular weight excluding hydrogens is 437 g/mol. The number of aryl methyl sites for hydroxylation is 1. The minimum Gasteiger partial charge on any atom is -0.356 e. The van der Waals surface area contributed by atoms with Crippen LogP contribution in [-0.4, -0.2) is 35.4 Å². The van der Waals surface area contributed by atoms with Gasteiger partial charge in [-0.05, 0) is 56.9 Å². The van der Waals surface area contributed by atoms with Gasteiger partial charge < -0.3 is 10.6 Å². The molecular formula is C20H36IN5. The number of rotatable bonds is 5. The van der Waals surface area contributed by atoms with Gasteiger partial charge in [0.1, 0.15) is 0 Å². The van der Waals surface area contributed by atoms with Crippen LogP contribution in [0.5, 0.6) is 0 Å². The average Bonchev–Trinajstić information content (AvgIpc) is 3.25. The van der Waals surface area contributed by atoms with Gasteiger partial charge in [-0.3, -0.25) is 9.67 Å². The van der Waals surface area contributed by atoms with Crippen LogP contribution < -0.4 is 10.6 Å². The third-order valence-electron chi connectivity index (χ3n) is 6.24. The first kappa shape index (κ1) is 21.5. The second-order valence-electron chi connectivity index (χ2n) is 8.25. The van der Waals surface area contributed by atoms with E-state index in [2.05, 4.69) is 47.3 Å². The minimum atomic E-state index is 0. The van der Waals surface area contributed by atoms with Gasteiger partial charge in [0.15, 0.2) is 5.96 Å². The highest BCUT2D eigenvalue weighted by Crippen LogP contribution is 2.40. The smallest absolute Gasteiger partial charge is 0.191 e. The summed E-state index contributed by atoms with van der Waals surface area (Å²) in [4.78, 5) is 4.47. The molecule has 0 amide bonds. The summed E-state index contributed by atoms with van der Waals surface area (Å²) in [5.41, 5.74) is 3.16. The molecule has 2 aliphatic carbocycles. The summed E-state index contributed by atoms with van der Waals surface area (Å²) in [7, 11) is 1.88. The van der Waals surface area contributed by atoms with E-state index in [1.807, 2.05) is 7.05 Å². The van der Waals surface area contributed by atoms with Gasteiger partial charge in [0.05, 0.1) is 5.69 Å². The van der Waals surface area contributed by atoms with E-state index >= 15 is 0 Å². The number of hydrogen-bond acceptors (Lipinski definition) is 2. The maximum atomic E-state index is 4.78. The summed E-state index contributed by atoms with van der Waals surface area (Å²) in [6.45, 7) is 7.75. The molecule has 0 saturated heterocycles. The van der Waals surface area contributed by atoms with Crippen molar-refractivity contribution in [2.24, 2.45) is 10.4 Å². The van der Waals surface area contributed by atoms with Gasteiger partial charge in [0, 0.05) is 38.3 Å². The molecule has 1 saturated carbocycles. The van der Waals surface area contributed by atoms with Crippen LogP contribution in [0.4, 0.5) is 0 Å². The van der Waals surface area contributed by atoms with Gasteiger partial charge in [-0.25, -0.2) is 0 Å². The lowest BCUT2D eigenvalue weighted by atomic mass is 9.83. The molecule has 0 aromatic carbocycles. The highest BCUT2D eigenvalue weighted by Gasteiger charge is 2.32. The van der Waals surface area contributed by atoms with Crippen molar-refractivity contribution in [3.8, 4) is 0 Å². The van der Waals surface area contributed by atoms with Gasteiger partial charge in [-0.1, -0.05) is 19.8 Å². The molecule has 0 spiro atoms. The Morgan fingerprint density at radius 2 is 2.12 bits per heavy atom. The summed E-state index contributed by atoms with van der Waals surface area (Å²) in [5, 5.41) is 12.0. The minimum absolute atomic E-state index is 0. The predicted octanol–water partition coefficient (Wildman–Crippen LogP) is 4.07. The predicted molar refractivity (Wildman–Crippen MR) is 120 cm³/mol. The number of nitrogens with one attached hydrogen (secondary N) is 2. The first-order valence-electron chi connectivity index (χ1n) is 10.1. The summed E-state index contributed by atoms with van der Waals surface area (Å²) in [6.07, 6.45) is 12.2. The molecule has 5 nitrogen and oxygen atoms in total. The SMILES string of the molecule is CCC1(CNC(=NC)NC2CCc3cn(C(C)C)nc3C2)CCCC1.I. The van der Waals surface area contributed by atoms with E-state index in [4.69, 9.17) is 5.10 Å². The molecule has 1 unspecified atom stereocenters. The number of nitrogens with zero attached hydrogens (tertiary/aromatic N) is 3. The van der Waals surface area contributed by atoms with Crippen LogP contribution in [-0.2, 0) is 12.8 Å². The fourth-order valence-electron chi connectivity index (χ4n) is 4.34. The number of hydrogen-bond donors (Lipinski definition) is 2. The monoisotopic (exact) mass is 473 g/mol. The largest absolute Gasteiger partial charge is 0.356 e. The first-order chi connectivity index (χ1) is 12.0. The van der Waals surface area contributed by atoms with E-state index in [0.717, 1.165) is 31.8 Å². The fourth-order valence-corrected chi connectivity index (χ4v) is 4.34. The van der Waals surface area contributed by atoms with E-state index in [0.29, 0.717) is 17.5 Å². The molecule has 148 valence electrons. The van der Waals surface area contributed by atoms with Crippen LogP contribution in [0.1, 0.15) is 76.6 Å². The molecule has 3 rings (SSSR count). The van der Waals surface area contributed by atoms with Gasteiger partial charge in [0.2, 0.25) is 0 Å². The average molecular weight is 473 g/mol. The molecule has 2 aliphatic rings. The van der Waals surface area contributed by atoms with Crippen LogP contribution in [0.25, 0.3) is 0 Å². The molecule has 6 heteroatoms. The lowest BCUT2D eigenvalue weighted by Gasteiger charge is -2.30. The maximum Gasteiger partial charge on any atom is 0.191 e. The zero-order valence-corrected chi connectivity index (χ0v) is 19.2. The third-order valence-corrected chi connectivity index (χ3v) is 6.24. The molecule has 0 bridgehead atoms. The van der Waals surface area contributed by atoms with Crippen molar-refractivity contribution in [1.29, 1.82) is 0 Å². The molecule has 1 atom stereocenters. The molecule has 0 aliphatic heterocycles. The summed E-state index contributed by atoms with van der Waals surface area (Å²) >= 11 is 0. The van der Waals surface area contributed by atoms with Crippen molar-refractivity contribution >= 4 is 29.9 Å². The van der Waals surface area contributed by atoms with Gasteiger partial charge in [-0.2, -0.15) is 5.10 Å². The Morgan fingerprint density at radius 3 is 2.73 bits per heavy atom. The quantitative estimate of drug-likeness (QED) is 0.385. The molecule has 0 radical (unpaired) electrons. The van der Waals surface area contributed by atoms with E-state index in [1.54, 1.807) is 0 Å². The lowest BCUT2D eigenvalue weighted by Crippen LogP contribution is -2.48. The zero-order chi connectivity index (χ0) is 17.9. The third kappa shape index (κ3) is 4.93. The number of guanidine groups is 1. The molecule has 1 aromatic heterocycles. The Bertz CT molecular complexity index is 601. The molecule has 1 aromatic rings. The molecule has 1 heterocycles. The van der Waals surface area contributed by atoms with Gasteiger partial charge in [-0.15, -0.1) is 24.0 Å². The van der Waals surface area contributed by atoms with E-state index in [1.165, 1.54) is 43.4 Å².